The van der Waals surface area contributed by atoms with Crippen molar-refractivity contribution in [1.29, 1.82) is 0 Å². The third-order valence-corrected chi connectivity index (χ3v) is 5.13. The van der Waals surface area contributed by atoms with Gasteiger partial charge in [0.1, 0.15) is 6.10 Å². The topological polar surface area (TPSA) is 38.3 Å². The fourth-order valence-corrected chi connectivity index (χ4v) is 3.33. The normalized spacial score (nSPS) is 17.6. The van der Waals surface area contributed by atoms with Crippen LogP contribution in [0.2, 0.25) is 5.02 Å². The van der Waals surface area contributed by atoms with E-state index in [2.05, 4.69) is 18.3 Å². The van der Waals surface area contributed by atoms with Crippen molar-refractivity contribution in [3.05, 3.63) is 33.8 Å². The number of ether oxygens (including phenoxy) is 1. The summed E-state index contributed by atoms with van der Waals surface area (Å²) in [5.41, 5.74) is 2.96. The van der Waals surface area contributed by atoms with Crippen molar-refractivity contribution in [2.75, 3.05) is 13.1 Å². The highest BCUT2D eigenvalue weighted by atomic mass is 35.5. The number of aryl methyl sites for hydroxylation is 1. The number of carbonyl (C=O) groups excluding carboxylic acids is 1. The second-order valence-electron chi connectivity index (χ2n) is 7.81. The van der Waals surface area contributed by atoms with Crippen LogP contribution in [-0.2, 0) is 9.53 Å². The zero-order valence-corrected chi connectivity index (χ0v) is 16.3. The summed E-state index contributed by atoms with van der Waals surface area (Å²) in [7, 11) is 0. The number of carbonyl (C=O) groups is 1. The largest absolute Gasteiger partial charge is 0.457 e. The summed E-state index contributed by atoms with van der Waals surface area (Å²) >= 11 is 6.40. The molecule has 1 atom stereocenters. The average molecular weight is 352 g/mol. The van der Waals surface area contributed by atoms with Gasteiger partial charge in [0.15, 0.2) is 0 Å². The molecule has 0 saturated carbocycles. The minimum Gasteiger partial charge on any atom is -0.457 e. The fraction of sp³-hybridized carbons (Fsp3) is 0.650. The van der Waals surface area contributed by atoms with E-state index in [4.69, 9.17) is 16.3 Å². The molecule has 1 saturated heterocycles. The van der Waals surface area contributed by atoms with Crippen molar-refractivity contribution in [2.45, 2.75) is 65.9 Å². The van der Waals surface area contributed by atoms with Crippen molar-refractivity contribution in [3.63, 3.8) is 0 Å². The number of esters is 1. The minimum atomic E-state index is -0.503. The standard InChI is InChI=1S/C20H30ClNO2/c1-6-18(24-19(23)20(3,4)5)16-12-17(21)13(2)11-15(16)14-7-9-22-10-8-14/h11-12,14,18,22H,6-10H2,1-5H3. The van der Waals surface area contributed by atoms with E-state index in [9.17, 15) is 4.79 Å². The first-order chi connectivity index (χ1) is 11.2. The summed E-state index contributed by atoms with van der Waals surface area (Å²) in [6.45, 7) is 11.8. The molecule has 0 spiro atoms. The molecule has 1 aromatic carbocycles. The summed E-state index contributed by atoms with van der Waals surface area (Å²) in [4.78, 5) is 12.4. The summed E-state index contributed by atoms with van der Waals surface area (Å²) in [6.07, 6.45) is 2.73. The molecule has 134 valence electrons. The van der Waals surface area contributed by atoms with E-state index in [0.717, 1.165) is 48.5 Å². The Balaban J connectivity index is 2.38. The molecule has 4 heteroatoms. The van der Waals surface area contributed by atoms with Gasteiger partial charge in [0.05, 0.1) is 5.41 Å². The predicted molar refractivity (Wildman–Crippen MR) is 99.6 cm³/mol. The second kappa shape index (κ2) is 7.88. The van der Waals surface area contributed by atoms with E-state index >= 15 is 0 Å². The molecule has 1 aromatic rings. The summed E-state index contributed by atoms with van der Waals surface area (Å²) in [5, 5.41) is 4.16. The Hall–Kier alpha value is -1.06. The van der Waals surface area contributed by atoms with Crippen molar-refractivity contribution < 1.29 is 9.53 Å². The number of piperidine rings is 1. The Bertz CT molecular complexity index is 586. The lowest BCUT2D eigenvalue weighted by Gasteiger charge is -2.30. The lowest BCUT2D eigenvalue weighted by molar-refractivity contribution is -0.159. The lowest BCUT2D eigenvalue weighted by atomic mass is 9.84. The maximum atomic E-state index is 12.4. The number of nitrogens with one attached hydrogen (secondary N) is 1. The van der Waals surface area contributed by atoms with Crippen LogP contribution in [0.15, 0.2) is 12.1 Å². The third kappa shape index (κ3) is 4.52. The van der Waals surface area contributed by atoms with Gasteiger partial charge in [0.25, 0.3) is 0 Å². The average Bonchev–Trinajstić information content (AvgIpc) is 2.54. The third-order valence-electron chi connectivity index (χ3n) is 4.72. The molecule has 1 heterocycles. The lowest BCUT2D eigenvalue weighted by Crippen LogP contribution is -2.28. The minimum absolute atomic E-state index is 0.165. The Morgan fingerprint density at radius 2 is 1.96 bits per heavy atom. The van der Waals surface area contributed by atoms with Crippen LogP contribution >= 0.6 is 11.6 Å². The monoisotopic (exact) mass is 351 g/mol. The van der Waals surface area contributed by atoms with Crippen molar-refractivity contribution in [1.82, 2.24) is 5.32 Å². The first-order valence-corrected chi connectivity index (χ1v) is 9.33. The van der Waals surface area contributed by atoms with Crippen LogP contribution < -0.4 is 5.32 Å². The molecule has 3 nitrogen and oxygen atoms in total. The molecular weight excluding hydrogens is 322 g/mol. The second-order valence-corrected chi connectivity index (χ2v) is 8.21. The molecular formula is C20H30ClNO2. The quantitative estimate of drug-likeness (QED) is 0.762. The van der Waals surface area contributed by atoms with E-state index < -0.39 is 5.41 Å². The molecule has 0 aliphatic carbocycles. The van der Waals surface area contributed by atoms with Gasteiger partial charge >= 0.3 is 5.97 Å². The van der Waals surface area contributed by atoms with Crippen LogP contribution in [-0.4, -0.2) is 19.1 Å². The maximum Gasteiger partial charge on any atom is 0.311 e. The Morgan fingerprint density at radius 3 is 2.50 bits per heavy atom. The molecule has 1 unspecified atom stereocenters. The van der Waals surface area contributed by atoms with E-state index in [1.165, 1.54) is 5.56 Å². The highest BCUT2D eigenvalue weighted by Crippen LogP contribution is 2.37. The number of halogens is 1. The van der Waals surface area contributed by atoms with Crippen LogP contribution in [0, 0.1) is 12.3 Å². The van der Waals surface area contributed by atoms with E-state index in [1.54, 1.807) is 0 Å². The van der Waals surface area contributed by atoms with Gasteiger partial charge in [0, 0.05) is 5.02 Å². The molecule has 1 N–H and O–H groups in total. The van der Waals surface area contributed by atoms with Gasteiger partial charge in [-0.15, -0.1) is 0 Å². The van der Waals surface area contributed by atoms with Crippen LogP contribution in [0.4, 0.5) is 0 Å². The van der Waals surface area contributed by atoms with Crippen LogP contribution in [0.1, 0.15) is 75.7 Å². The first-order valence-electron chi connectivity index (χ1n) is 8.95. The molecule has 1 aliphatic rings. The Labute approximate surface area is 151 Å². The predicted octanol–water partition coefficient (Wildman–Crippen LogP) is 5.16. The molecule has 0 amide bonds. The first kappa shape index (κ1) is 19.3. The van der Waals surface area contributed by atoms with E-state index in [0.29, 0.717) is 5.92 Å². The number of rotatable bonds is 4. The van der Waals surface area contributed by atoms with Gasteiger partial charge in [-0.05, 0) is 88.7 Å². The van der Waals surface area contributed by atoms with Crippen LogP contribution in [0.5, 0.6) is 0 Å². The van der Waals surface area contributed by atoms with Gasteiger partial charge in [-0.2, -0.15) is 0 Å². The molecule has 0 aromatic heterocycles. The molecule has 1 aliphatic heterocycles. The highest BCUT2D eigenvalue weighted by molar-refractivity contribution is 6.31. The number of hydrogen-bond acceptors (Lipinski definition) is 3. The van der Waals surface area contributed by atoms with Gasteiger partial charge in [-0.25, -0.2) is 0 Å². The van der Waals surface area contributed by atoms with E-state index in [-0.39, 0.29) is 12.1 Å². The zero-order valence-electron chi connectivity index (χ0n) is 15.5. The Morgan fingerprint density at radius 1 is 1.33 bits per heavy atom. The van der Waals surface area contributed by atoms with Gasteiger partial charge < -0.3 is 10.1 Å². The van der Waals surface area contributed by atoms with Gasteiger partial charge in [-0.1, -0.05) is 24.6 Å². The SMILES string of the molecule is CCC(OC(=O)C(C)(C)C)c1cc(Cl)c(C)cc1C1CCNCC1. The summed E-state index contributed by atoms with van der Waals surface area (Å²) in [5.74, 6) is 0.335. The smallest absolute Gasteiger partial charge is 0.311 e. The number of benzene rings is 1. The van der Waals surface area contributed by atoms with Gasteiger partial charge in [0.2, 0.25) is 0 Å². The van der Waals surface area contributed by atoms with E-state index in [1.807, 2.05) is 33.8 Å². The van der Waals surface area contributed by atoms with Crippen LogP contribution in [0.25, 0.3) is 0 Å². The summed E-state index contributed by atoms with van der Waals surface area (Å²) < 4.78 is 5.86. The molecule has 0 radical (unpaired) electrons. The van der Waals surface area contributed by atoms with Crippen molar-refractivity contribution >= 4 is 17.6 Å². The molecule has 24 heavy (non-hydrogen) atoms. The van der Waals surface area contributed by atoms with Crippen molar-refractivity contribution in [3.8, 4) is 0 Å². The van der Waals surface area contributed by atoms with Gasteiger partial charge in [-0.3, -0.25) is 4.79 Å². The Kier molecular flexibility index (Phi) is 6.33. The number of hydrogen-bond donors (Lipinski definition) is 1. The molecule has 0 bridgehead atoms. The maximum absolute atomic E-state index is 12.4. The van der Waals surface area contributed by atoms with Crippen LogP contribution in [0.3, 0.4) is 0 Å². The molecule has 1 fully saturated rings. The zero-order chi connectivity index (χ0) is 17.9. The highest BCUT2D eigenvalue weighted by Gasteiger charge is 2.29. The fourth-order valence-electron chi connectivity index (χ4n) is 3.16. The van der Waals surface area contributed by atoms with Crippen molar-refractivity contribution in [2.24, 2.45) is 5.41 Å². The molecule has 2 rings (SSSR count). The summed E-state index contributed by atoms with van der Waals surface area (Å²) in [6, 6.07) is 4.21.